The van der Waals surface area contributed by atoms with E-state index >= 15 is 0 Å². The number of nitrogens with one attached hydrogen (secondary N) is 2. The second kappa shape index (κ2) is 8.33. The SMILES string of the molecule is CC(C)NC(=O)n1c2c(c3c1CC(C(=O)c1ccc(F)c(F)c1)NC3(C)C)C=C(F)C=CC2. The zero-order chi connectivity index (χ0) is 24.1. The molecule has 1 atom stereocenters. The van der Waals surface area contributed by atoms with E-state index in [0.717, 1.165) is 17.7 Å². The Morgan fingerprint density at radius 3 is 2.55 bits per heavy atom. The molecular weight excluding hydrogens is 431 g/mol. The minimum absolute atomic E-state index is 0.0332. The Morgan fingerprint density at radius 2 is 1.88 bits per heavy atom. The van der Waals surface area contributed by atoms with Crippen LogP contribution >= 0.6 is 0 Å². The molecule has 0 saturated heterocycles. The second-order valence-corrected chi connectivity index (χ2v) is 9.28. The molecule has 174 valence electrons. The molecule has 0 bridgehead atoms. The first-order valence-electron chi connectivity index (χ1n) is 10.9. The van der Waals surface area contributed by atoms with E-state index in [1.807, 2.05) is 27.7 Å². The second-order valence-electron chi connectivity index (χ2n) is 9.28. The Morgan fingerprint density at radius 1 is 1.15 bits per heavy atom. The number of hydrogen-bond acceptors (Lipinski definition) is 3. The highest BCUT2D eigenvalue weighted by Crippen LogP contribution is 2.40. The van der Waals surface area contributed by atoms with Crippen LogP contribution in [0.25, 0.3) is 6.08 Å². The van der Waals surface area contributed by atoms with Crippen LogP contribution in [-0.4, -0.2) is 28.5 Å². The van der Waals surface area contributed by atoms with Crippen LogP contribution in [0.5, 0.6) is 0 Å². The maximum absolute atomic E-state index is 14.4. The molecule has 0 saturated carbocycles. The van der Waals surface area contributed by atoms with Crippen molar-refractivity contribution in [3.63, 3.8) is 0 Å². The van der Waals surface area contributed by atoms with Gasteiger partial charge in [-0.3, -0.25) is 14.7 Å². The number of aromatic nitrogens is 1. The fourth-order valence-electron chi connectivity index (χ4n) is 4.73. The Hall–Kier alpha value is -3.13. The molecule has 0 fully saturated rings. The normalized spacial score (nSPS) is 18.9. The lowest BCUT2D eigenvalue weighted by Gasteiger charge is -2.38. The maximum atomic E-state index is 14.4. The van der Waals surface area contributed by atoms with Crippen molar-refractivity contribution >= 4 is 17.9 Å². The van der Waals surface area contributed by atoms with Gasteiger partial charge in [0.25, 0.3) is 0 Å². The fourth-order valence-corrected chi connectivity index (χ4v) is 4.73. The zero-order valence-electron chi connectivity index (χ0n) is 18.9. The van der Waals surface area contributed by atoms with Gasteiger partial charge in [0.1, 0.15) is 5.83 Å². The average molecular weight is 457 g/mol. The first kappa shape index (κ1) is 23.0. The first-order chi connectivity index (χ1) is 15.5. The molecule has 33 heavy (non-hydrogen) atoms. The lowest BCUT2D eigenvalue weighted by atomic mass is 9.81. The highest BCUT2D eigenvalue weighted by atomic mass is 19.2. The van der Waals surface area contributed by atoms with E-state index in [1.165, 1.54) is 22.8 Å². The average Bonchev–Trinajstić information content (AvgIpc) is 2.90. The van der Waals surface area contributed by atoms with Gasteiger partial charge >= 0.3 is 6.03 Å². The summed E-state index contributed by atoms with van der Waals surface area (Å²) in [5.41, 5.74) is 1.82. The third-order valence-corrected chi connectivity index (χ3v) is 5.97. The highest BCUT2D eigenvalue weighted by molar-refractivity contribution is 6.00. The van der Waals surface area contributed by atoms with Crippen molar-refractivity contribution in [2.75, 3.05) is 0 Å². The van der Waals surface area contributed by atoms with Crippen molar-refractivity contribution in [1.82, 2.24) is 15.2 Å². The van der Waals surface area contributed by atoms with E-state index in [4.69, 9.17) is 0 Å². The molecule has 5 nitrogen and oxygen atoms in total. The van der Waals surface area contributed by atoms with Gasteiger partial charge in [0.15, 0.2) is 17.4 Å². The Labute approximate surface area is 190 Å². The molecule has 0 radical (unpaired) electrons. The van der Waals surface area contributed by atoms with E-state index in [0.29, 0.717) is 23.4 Å². The van der Waals surface area contributed by atoms with Crippen molar-refractivity contribution in [1.29, 1.82) is 0 Å². The molecule has 8 heteroatoms. The van der Waals surface area contributed by atoms with E-state index in [-0.39, 0.29) is 24.1 Å². The summed E-state index contributed by atoms with van der Waals surface area (Å²) in [4.78, 5) is 26.4. The summed E-state index contributed by atoms with van der Waals surface area (Å²) in [7, 11) is 0. The molecule has 0 spiro atoms. The van der Waals surface area contributed by atoms with Crippen molar-refractivity contribution in [3.05, 3.63) is 75.9 Å². The molecule has 2 aromatic rings. The predicted octanol–water partition coefficient (Wildman–Crippen LogP) is 4.79. The van der Waals surface area contributed by atoms with Gasteiger partial charge in [-0.15, -0.1) is 0 Å². The van der Waals surface area contributed by atoms with Crippen LogP contribution in [0, 0.1) is 11.6 Å². The molecule has 1 amide bonds. The van der Waals surface area contributed by atoms with Crippen LogP contribution in [0.3, 0.4) is 0 Å². The summed E-state index contributed by atoms with van der Waals surface area (Å²) < 4.78 is 43.1. The van der Waals surface area contributed by atoms with Crippen molar-refractivity contribution < 1.29 is 22.8 Å². The fraction of sp³-hybridized carbons (Fsp3) is 0.360. The summed E-state index contributed by atoms with van der Waals surface area (Å²) >= 11 is 0. The summed E-state index contributed by atoms with van der Waals surface area (Å²) in [6, 6.07) is 1.77. The van der Waals surface area contributed by atoms with Crippen LogP contribution in [0.2, 0.25) is 0 Å². The number of halogens is 3. The number of amides is 1. The molecule has 1 aliphatic carbocycles. The number of allylic oxidation sites excluding steroid dienone is 3. The molecule has 4 rings (SSSR count). The Bertz CT molecular complexity index is 1210. The molecule has 2 aliphatic rings. The predicted molar refractivity (Wildman–Crippen MR) is 120 cm³/mol. The third-order valence-electron chi connectivity index (χ3n) is 5.97. The Balaban J connectivity index is 1.85. The third kappa shape index (κ3) is 4.15. The monoisotopic (exact) mass is 457 g/mol. The smallest absolute Gasteiger partial charge is 0.326 e. The van der Waals surface area contributed by atoms with E-state index in [1.54, 1.807) is 6.08 Å². The molecule has 1 aromatic heterocycles. The van der Waals surface area contributed by atoms with E-state index in [9.17, 15) is 22.8 Å². The quantitative estimate of drug-likeness (QED) is 0.652. The number of rotatable bonds is 3. The highest BCUT2D eigenvalue weighted by Gasteiger charge is 2.42. The van der Waals surface area contributed by atoms with Gasteiger partial charge in [-0.2, -0.15) is 0 Å². The molecule has 1 unspecified atom stereocenters. The Kier molecular flexibility index (Phi) is 5.82. The van der Waals surface area contributed by atoms with Gasteiger partial charge in [0.05, 0.1) is 6.04 Å². The first-order valence-corrected chi connectivity index (χ1v) is 10.9. The van der Waals surface area contributed by atoms with Gasteiger partial charge in [0.2, 0.25) is 0 Å². The summed E-state index contributed by atoms with van der Waals surface area (Å²) in [5, 5.41) is 6.16. The number of carbonyl (C=O) groups is 2. The number of fused-ring (bicyclic) bond motifs is 3. The number of benzene rings is 1. The van der Waals surface area contributed by atoms with E-state index < -0.39 is 34.8 Å². The largest absolute Gasteiger partial charge is 0.335 e. The van der Waals surface area contributed by atoms with Crippen LogP contribution in [0.15, 0.2) is 36.2 Å². The van der Waals surface area contributed by atoms with Gasteiger partial charge < -0.3 is 5.32 Å². The van der Waals surface area contributed by atoms with Crippen LogP contribution in [0.4, 0.5) is 18.0 Å². The van der Waals surface area contributed by atoms with Crippen molar-refractivity contribution in [2.24, 2.45) is 0 Å². The molecule has 1 aromatic carbocycles. The summed E-state index contributed by atoms with van der Waals surface area (Å²) in [5.74, 6) is -2.97. The van der Waals surface area contributed by atoms with Crippen LogP contribution < -0.4 is 10.6 Å². The number of ketones is 1. The van der Waals surface area contributed by atoms with Crippen LogP contribution in [0.1, 0.15) is 60.6 Å². The van der Waals surface area contributed by atoms with Gasteiger partial charge in [0, 0.05) is 52.5 Å². The molecular formula is C25H26F3N3O2. The number of hydrogen-bond donors (Lipinski definition) is 2. The van der Waals surface area contributed by atoms with Gasteiger partial charge in [-0.25, -0.2) is 18.0 Å². The van der Waals surface area contributed by atoms with Crippen molar-refractivity contribution in [3.8, 4) is 0 Å². The topological polar surface area (TPSA) is 63.1 Å². The minimum atomic E-state index is -1.10. The van der Waals surface area contributed by atoms with Gasteiger partial charge in [-0.05, 0) is 58.0 Å². The summed E-state index contributed by atoms with van der Waals surface area (Å²) in [6.45, 7) is 7.39. The maximum Gasteiger partial charge on any atom is 0.326 e. The number of nitrogens with zero attached hydrogens (tertiary/aromatic N) is 1. The standard InChI is InChI=1S/C25H26F3N3O2/c1-13(2)29-24(33)31-20-7-5-6-15(26)11-16(20)22-21(31)12-19(30-25(22,3)4)23(32)14-8-9-17(27)18(28)10-14/h5-6,8-11,13,19,30H,7,12H2,1-4H3,(H,29,33). The van der Waals surface area contributed by atoms with E-state index in [2.05, 4.69) is 10.6 Å². The number of Topliss-reactive ketones (excluding diaryl/α,β-unsaturated/α-hetero) is 1. The molecule has 1 aliphatic heterocycles. The molecule has 2 heterocycles. The van der Waals surface area contributed by atoms with Crippen molar-refractivity contribution in [2.45, 2.75) is 58.2 Å². The number of carbonyl (C=O) groups excluding carboxylic acids is 2. The lowest BCUT2D eigenvalue weighted by molar-refractivity contribution is 0.0911. The summed E-state index contributed by atoms with van der Waals surface area (Å²) in [6.07, 6.45) is 4.92. The lowest BCUT2D eigenvalue weighted by Crippen LogP contribution is -2.53. The zero-order valence-corrected chi connectivity index (χ0v) is 18.9. The molecule has 2 N–H and O–H groups in total. The van der Waals surface area contributed by atoms with Crippen LogP contribution in [-0.2, 0) is 18.4 Å². The van der Waals surface area contributed by atoms with Gasteiger partial charge in [-0.1, -0.05) is 6.08 Å². The minimum Gasteiger partial charge on any atom is -0.335 e.